The molecule has 0 atom stereocenters. The fraction of sp³-hybridized carbons (Fsp3) is 0.375. The minimum absolute atomic E-state index is 1.10. The Kier molecular flexibility index (Phi) is 13.2. The van der Waals surface area contributed by atoms with Crippen LogP contribution in [-0.2, 0) is 6.42 Å². The van der Waals surface area contributed by atoms with Crippen LogP contribution in [0.25, 0.3) is 10.9 Å². The van der Waals surface area contributed by atoms with Crippen LogP contribution in [0.5, 0.6) is 0 Å². The highest BCUT2D eigenvalue weighted by molar-refractivity contribution is 5.82. The van der Waals surface area contributed by atoms with Crippen LogP contribution < -0.4 is 0 Å². The number of hydrogen-bond donors (Lipinski definition) is 1. The number of hydrogen-bond acceptors (Lipinski definition) is 0. The lowest BCUT2D eigenvalue weighted by atomic mass is 10.1. The van der Waals surface area contributed by atoms with Gasteiger partial charge in [-0.3, -0.25) is 0 Å². The molecule has 1 aromatic carbocycles. The second kappa shape index (κ2) is 12.6. The zero-order chi connectivity index (χ0) is 13.7. The molecule has 0 spiro atoms. The van der Waals surface area contributed by atoms with Crippen molar-refractivity contribution in [3.63, 3.8) is 0 Å². The van der Waals surface area contributed by atoms with Gasteiger partial charge in [0.25, 0.3) is 0 Å². The number of para-hydroxylation sites is 1. The van der Waals surface area contributed by atoms with E-state index in [-0.39, 0.29) is 0 Å². The number of nitrogens with one attached hydrogen (secondary N) is 1. The van der Waals surface area contributed by atoms with Gasteiger partial charge in [-0.25, -0.2) is 0 Å². The summed E-state index contributed by atoms with van der Waals surface area (Å²) >= 11 is 0. The molecule has 96 valence electrons. The summed E-state index contributed by atoms with van der Waals surface area (Å²) in [5.41, 5.74) is 2.64. The van der Waals surface area contributed by atoms with Gasteiger partial charge in [0.1, 0.15) is 0 Å². The van der Waals surface area contributed by atoms with Crippen molar-refractivity contribution in [2.24, 2.45) is 0 Å². The third kappa shape index (κ3) is 5.39. The predicted octanol–water partition coefficient (Wildman–Crippen LogP) is 5.58. The topological polar surface area (TPSA) is 15.8 Å². The van der Waals surface area contributed by atoms with E-state index in [1.54, 1.807) is 0 Å². The van der Waals surface area contributed by atoms with Gasteiger partial charge in [0.05, 0.1) is 0 Å². The van der Waals surface area contributed by atoms with E-state index in [1.165, 1.54) is 16.5 Å². The molecule has 1 N–H and O–H groups in total. The Morgan fingerprint density at radius 2 is 1.53 bits per heavy atom. The molecule has 0 radical (unpaired) electrons. The molecular formula is C16H27N. The molecule has 1 heteroatoms. The number of H-pyrrole nitrogens is 1. The summed E-state index contributed by atoms with van der Waals surface area (Å²) in [5.74, 6) is 0. The van der Waals surface area contributed by atoms with E-state index in [0.29, 0.717) is 0 Å². The normalized spacial score (nSPS) is 7.82. The zero-order valence-corrected chi connectivity index (χ0v) is 12.0. The summed E-state index contributed by atoms with van der Waals surface area (Å²) in [6.07, 6.45) is 3.19. The summed E-state index contributed by atoms with van der Waals surface area (Å²) in [5, 5.41) is 1.36. The van der Waals surface area contributed by atoms with Crippen molar-refractivity contribution in [1.82, 2.24) is 4.98 Å². The smallest absolute Gasteiger partial charge is 0.0456 e. The van der Waals surface area contributed by atoms with Crippen LogP contribution >= 0.6 is 0 Å². The molecule has 0 saturated carbocycles. The van der Waals surface area contributed by atoms with Gasteiger partial charge < -0.3 is 4.98 Å². The maximum atomic E-state index is 3.24. The van der Waals surface area contributed by atoms with E-state index in [9.17, 15) is 0 Å². The quantitative estimate of drug-likeness (QED) is 0.618. The van der Waals surface area contributed by atoms with Gasteiger partial charge in [-0.2, -0.15) is 0 Å². The van der Waals surface area contributed by atoms with E-state index < -0.39 is 0 Å². The third-order valence-corrected chi connectivity index (χ3v) is 2.06. The van der Waals surface area contributed by atoms with Crippen LogP contribution in [0.15, 0.2) is 43.6 Å². The summed E-state index contributed by atoms with van der Waals surface area (Å²) in [6, 6.07) is 8.40. The molecule has 0 aliphatic carbocycles. The molecule has 0 aliphatic rings. The Balaban J connectivity index is 0. The predicted molar refractivity (Wildman–Crippen MR) is 81.6 cm³/mol. The van der Waals surface area contributed by atoms with E-state index in [4.69, 9.17) is 0 Å². The fourth-order valence-corrected chi connectivity index (χ4v) is 1.42. The van der Waals surface area contributed by atoms with Crippen LogP contribution in [-0.4, -0.2) is 4.98 Å². The number of benzene rings is 1. The van der Waals surface area contributed by atoms with E-state index >= 15 is 0 Å². The fourth-order valence-electron chi connectivity index (χ4n) is 1.42. The van der Waals surface area contributed by atoms with Crippen LogP contribution in [0.1, 0.15) is 40.2 Å². The lowest BCUT2D eigenvalue weighted by Crippen LogP contribution is -1.72. The second-order valence-electron chi connectivity index (χ2n) is 2.71. The largest absolute Gasteiger partial charge is 0.361 e. The van der Waals surface area contributed by atoms with Crippen molar-refractivity contribution in [1.29, 1.82) is 0 Å². The highest BCUT2D eigenvalue weighted by Crippen LogP contribution is 2.17. The van der Waals surface area contributed by atoms with Crippen LogP contribution in [0.3, 0.4) is 0 Å². The average Bonchev–Trinajstić information content (AvgIpc) is 2.88. The number of aryl methyl sites for hydroxylation is 1. The molecule has 1 nitrogen and oxygen atoms in total. The number of fused-ring (bicyclic) bond motifs is 1. The Labute approximate surface area is 107 Å². The van der Waals surface area contributed by atoms with Crippen molar-refractivity contribution in [3.8, 4) is 0 Å². The molecule has 0 saturated heterocycles. The number of rotatable bonds is 1. The van der Waals surface area contributed by atoms with Gasteiger partial charge in [-0.1, -0.05) is 52.8 Å². The maximum absolute atomic E-state index is 3.24. The third-order valence-electron chi connectivity index (χ3n) is 2.06. The Hall–Kier alpha value is -1.50. The first kappa shape index (κ1) is 17.9. The molecule has 2 aromatic rings. The molecule has 1 heterocycles. The highest BCUT2D eigenvalue weighted by Gasteiger charge is 1.97. The first-order valence-electron chi connectivity index (χ1n) is 6.47. The van der Waals surface area contributed by atoms with Gasteiger partial charge in [0.2, 0.25) is 0 Å². The first-order chi connectivity index (χ1) is 8.42. The van der Waals surface area contributed by atoms with Crippen molar-refractivity contribution in [2.45, 2.75) is 41.0 Å². The van der Waals surface area contributed by atoms with Gasteiger partial charge in [0, 0.05) is 17.1 Å². The van der Waals surface area contributed by atoms with Crippen molar-refractivity contribution in [2.75, 3.05) is 0 Å². The summed E-state index contributed by atoms with van der Waals surface area (Å²) in [7, 11) is 0. The van der Waals surface area contributed by atoms with E-state index in [0.717, 1.165) is 6.42 Å². The SMILES string of the molecule is C=C.CC.CC.CCc1c[nH]c2ccccc12. The molecule has 2 rings (SSSR count). The molecule has 0 unspecified atom stereocenters. The van der Waals surface area contributed by atoms with Crippen LogP contribution in [0.4, 0.5) is 0 Å². The van der Waals surface area contributed by atoms with Crippen molar-refractivity contribution < 1.29 is 0 Å². The maximum Gasteiger partial charge on any atom is 0.0456 e. The van der Waals surface area contributed by atoms with E-state index in [2.05, 4.69) is 55.5 Å². The monoisotopic (exact) mass is 233 g/mol. The van der Waals surface area contributed by atoms with Crippen LogP contribution in [0.2, 0.25) is 0 Å². The lowest BCUT2D eigenvalue weighted by molar-refractivity contribution is 1.15. The zero-order valence-electron chi connectivity index (χ0n) is 12.0. The van der Waals surface area contributed by atoms with Gasteiger partial charge >= 0.3 is 0 Å². The van der Waals surface area contributed by atoms with Gasteiger partial charge in [-0.15, -0.1) is 13.2 Å². The molecule has 17 heavy (non-hydrogen) atoms. The standard InChI is InChI=1S/C10H11N.2C2H6.C2H4/c1-2-8-7-11-10-6-4-3-5-9(8)10;3*1-2/h3-7,11H,2H2,1H3;2*1-2H3;1-2H2. The Bertz CT molecular complexity index is 374. The average molecular weight is 233 g/mol. The minimum Gasteiger partial charge on any atom is -0.361 e. The van der Waals surface area contributed by atoms with E-state index in [1.807, 2.05) is 27.7 Å². The summed E-state index contributed by atoms with van der Waals surface area (Å²) < 4.78 is 0. The Morgan fingerprint density at radius 3 is 2.06 bits per heavy atom. The molecule has 0 aliphatic heterocycles. The molecule has 1 aromatic heterocycles. The van der Waals surface area contributed by atoms with Crippen molar-refractivity contribution >= 4 is 10.9 Å². The van der Waals surface area contributed by atoms with Crippen LogP contribution in [0, 0.1) is 0 Å². The molecule has 0 amide bonds. The van der Waals surface area contributed by atoms with Gasteiger partial charge in [-0.05, 0) is 18.1 Å². The molecule has 0 bridgehead atoms. The minimum atomic E-state index is 1.10. The molecule has 0 fully saturated rings. The van der Waals surface area contributed by atoms with Crippen molar-refractivity contribution in [3.05, 3.63) is 49.2 Å². The lowest BCUT2D eigenvalue weighted by Gasteiger charge is -1.90. The van der Waals surface area contributed by atoms with Gasteiger partial charge in [0.15, 0.2) is 0 Å². The first-order valence-corrected chi connectivity index (χ1v) is 6.47. The Morgan fingerprint density at radius 1 is 1.00 bits per heavy atom. The molecular weight excluding hydrogens is 206 g/mol. The summed E-state index contributed by atoms with van der Waals surface area (Å²) in [4.78, 5) is 3.24. The second-order valence-corrected chi connectivity index (χ2v) is 2.71. The summed E-state index contributed by atoms with van der Waals surface area (Å²) in [6.45, 7) is 16.2. The highest BCUT2D eigenvalue weighted by atomic mass is 14.7. The number of aromatic nitrogens is 1. The number of aromatic amines is 1.